The fraction of sp³-hybridized carbons (Fsp3) is 0.545. The quantitative estimate of drug-likeness (QED) is 0.745. The van der Waals surface area contributed by atoms with Crippen molar-refractivity contribution >= 4 is 21.6 Å². The molecule has 0 aromatic carbocycles. The van der Waals surface area contributed by atoms with Crippen LogP contribution in [0.4, 0.5) is 0 Å². The molecule has 0 aliphatic heterocycles. The third kappa shape index (κ3) is 2.15. The van der Waals surface area contributed by atoms with E-state index >= 15 is 0 Å². The van der Waals surface area contributed by atoms with Crippen molar-refractivity contribution in [1.29, 1.82) is 0 Å². The minimum Gasteiger partial charge on any atom is -0.277 e. The molecule has 0 radical (unpaired) electrons. The Labute approximate surface area is 88.3 Å². The van der Waals surface area contributed by atoms with E-state index in [2.05, 4.69) is 23.2 Å². The Balaban J connectivity index is 1.89. The van der Waals surface area contributed by atoms with E-state index in [1.54, 1.807) is 0 Å². The number of rotatable bonds is 5. The first-order valence-corrected chi connectivity index (χ1v) is 6.13. The van der Waals surface area contributed by atoms with Crippen molar-refractivity contribution in [3.8, 4) is 0 Å². The van der Waals surface area contributed by atoms with Crippen molar-refractivity contribution in [2.45, 2.75) is 39.0 Å². The molecule has 0 saturated carbocycles. The lowest BCUT2D eigenvalue weighted by molar-refractivity contribution is 0.670. The highest BCUT2D eigenvalue weighted by atomic mass is 32.1. The highest BCUT2D eigenvalue weighted by Crippen LogP contribution is 2.24. The lowest BCUT2D eigenvalue weighted by Gasteiger charge is -1.96. The minimum atomic E-state index is 1.19. The van der Waals surface area contributed by atoms with Gasteiger partial charge < -0.3 is 0 Å². The lowest BCUT2D eigenvalue weighted by Crippen LogP contribution is -1.80. The first-order valence-electron chi connectivity index (χ1n) is 5.32. The average molecular weight is 208 g/mol. The molecule has 0 amide bonds. The number of unbranched alkanes of at least 4 members (excludes halogenated alkanes) is 3. The van der Waals surface area contributed by atoms with E-state index in [-0.39, 0.29) is 0 Å². The molecule has 0 aliphatic rings. The van der Waals surface area contributed by atoms with Crippen LogP contribution in [0.5, 0.6) is 0 Å². The van der Waals surface area contributed by atoms with E-state index in [1.807, 2.05) is 17.5 Å². The van der Waals surface area contributed by atoms with E-state index in [1.165, 1.54) is 47.2 Å². The number of nitrogens with zero attached hydrogens (tertiary/aromatic N) is 1. The maximum Gasteiger partial charge on any atom is 0.0761 e. The van der Waals surface area contributed by atoms with Crippen LogP contribution in [0.25, 0.3) is 10.2 Å². The summed E-state index contributed by atoms with van der Waals surface area (Å²) in [6.07, 6.45) is 8.51. The average Bonchev–Trinajstić information content (AvgIpc) is 2.72. The summed E-state index contributed by atoms with van der Waals surface area (Å²) in [6, 6.07) is 2.24. The Bertz CT molecular complexity index is 360. The molecule has 0 saturated heterocycles. The molecule has 0 aliphatic carbocycles. The summed E-state index contributed by atoms with van der Waals surface area (Å²) in [6.45, 7) is 2.25. The fourth-order valence-corrected chi connectivity index (χ4v) is 2.68. The first-order chi connectivity index (χ1) is 6.90. The molecule has 0 bridgehead atoms. The van der Waals surface area contributed by atoms with E-state index in [0.29, 0.717) is 0 Å². The molecule has 0 unspecified atom stereocenters. The zero-order valence-corrected chi connectivity index (χ0v) is 9.36. The summed E-state index contributed by atoms with van der Waals surface area (Å²) >= 11 is 1.87. The molecular formula is C11H16N2S. The molecule has 2 rings (SSSR count). The van der Waals surface area contributed by atoms with Crippen molar-refractivity contribution in [2.75, 3.05) is 0 Å². The lowest BCUT2D eigenvalue weighted by atomic mass is 10.1. The van der Waals surface area contributed by atoms with Crippen LogP contribution >= 0.6 is 11.3 Å². The summed E-state index contributed by atoms with van der Waals surface area (Å²) in [7, 11) is 0. The van der Waals surface area contributed by atoms with Gasteiger partial charge in [-0.15, -0.1) is 11.3 Å². The van der Waals surface area contributed by atoms with Crippen LogP contribution in [0.1, 0.15) is 37.5 Å². The fourth-order valence-electron chi connectivity index (χ4n) is 1.65. The number of fused-ring (bicyclic) bond motifs is 1. The van der Waals surface area contributed by atoms with Crippen molar-refractivity contribution in [3.05, 3.63) is 17.1 Å². The molecule has 0 atom stereocenters. The Morgan fingerprint density at radius 1 is 1.36 bits per heavy atom. The van der Waals surface area contributed by atoms with Crippen molar-refractivity contribution < 1.29 is 0 Å². The number of hydrogen-bond acceptors (Lipinski definition) is 2. The van der Waals surface area contributed by atoms with Crippen LogP contribution < -0.4 is 0 Å². The molecule has 76 valence electrons. The third-order valence-electron chi connectivity index (χ3n) is 2.46. The van der Waals surface area contributed by atoms with E-state index < -0.39 is 0 Å². The van der Waals surface area contributed by atoms with Crippen LogP contribution in [0.2, 0.25) is 0 Å². The van der Waals surface area contributed by atoms with Crippen LogP contribution in [-0.2, 0) is 6.42 Å². The van der Waals surface area contributed by atoms with Gasteiger partial charge in [-0.2, -0.15) is 5.10 Å². The Hall–Kier alpha value is -0.830. The predicted molar refractivity (Wildman–Crippen MR) is 61.8 cm³/mol. The SMILES string of the molecule is CCCCCCc1cc2[nH]ncc2s1. The number of thiophene rings is 1. The number of aryl methyl sites for hydroxylation is 1. The Morgan fingerprint density at radius 3 is 3.07 bits per heavy atom. The topological polar surface area (TPSA) is 28.7 Å². The van der Waals surface area contributed by atoms with Gasteiger partial charge in [-0.1, -0.05) is 26.2 Å². The highest BCUT2D eigenvalue weighted by molar-refractivity contribution is 7.19. The van der Waals surface area contributed by atoms with Gasteiger partial charge in [0, 0.05) is 4.88 Å². The number of aromatic nitrogens is 2. The molecule has 2 heterocycles. The monoisotopic (exact) mass is 208 g/mol. The summed E-state index contributed by atoms with van der Waals surface area (Å²) in [4.78, 5) is 1.49. The smallest absolute Gasteiger partial charge is 0.0761 e. The van der Waals surface area contributed by atoms with Gasteiger partial charge in [0.25, 0.3) is 0 Å². The maximum absolute atomic E-state index is 4.00. The molecule has 3 heteroatoms. The van der Waals surface area contributed by atoms with Crippen LogP contribution in [0.3, 0.4) is 0 Å². The van der Waals surface area contributed by atoms with Crippen LogP contribution in [-0.4, -0.2) is 10.2 Å². The van der Waals surface area contributed by atoms with Gasteiger partial charge in [0.05, 0.1) is 16.4 Å². The number of nitrogens with one attached hydrogen (secondary N) is 1. The summed E-state index contributed by atoms with van der Waals surface area (Å²) in [5, 5.41) is 7.00. The van der Waals surface area contributed by atoms with Crippen molar-refractivity contribution in [1.82, 2.24) is 10.2 Å². The first kappa shape index (κ1) is 9.71. The Morgan fingerprint density at radius 2 is 2.29 bits per heavy atom. The molecule has 0 fully saturated rings. The van der Waals surface area contributed by atoms with Gasteiger partial charge in [-0.05, 0) is 18.9 Å². The molecule has 1 N–H and O–H groups in total. The zero-order chi connectivity index (χ0) is 9.80. The Kier molecular flexibility index (Phi) is 3.19. The largest absolute Gasteiger partial charge is 0.277 e. The molecule has 0 spiro atoms. The summed E-state index contributed by atoms with van der Waals surface area (Å²) in [5.74, 6) is 0. The van der Waals surface area contributed by atoms with Gasteiger partial charge in [-0.3, -0.25) is 5.10 Å². The molecule has 14 heavy (non-hydrogen) atoms. The molecular weight excluding hydrogens is 192 g/mol. The third-order valence-corrected chi connectivity index (χ3v) is 3.58. The van der Waals surface area contributed by atoms with Gasteiger partial charge in [0.2, 0.25) is 0 Å². The second-order valence-electron chi connectivity index (χ2n) is 3.67. The number of aromatic amines is 1. The molecule has 2 nitrogen and oxygen atoms in total. The van der Waals surface area contributed by atoms with E-state index in [0.717, 1.165) is 0 Å². The second kappa shape index (κ2) is 4.60. The van der Waals surface area contributed by atoms with Crippen molar-refractivity contribution in [2.24, 2.45) is 0 Å². The summed E-state index contributed by atoms with van der Waals surface area (Å²) in [5.41, 5.74) is 1.19. The van der Waals surface area contributed by atoms with Crippen LogP contribution in [0, 0.1) is 0 Å². The van der Waals surface area contributed by atoms with Gasteiger partial charge >= 0.3 is 0 Å². The van der Waals surface area contributed by atoms with Gasteiger partial charge in [0.15, 0.2) is 0 Å². The van der Waals surface area contributed by atoms with E-state index in [9.17, 15) is 0 Å². The standard InChI is InChI=1S/C11H16N2S/c1-2-3-4-5-6-9-7-10-11(14-9)8-12-13-10/h7-8H,2-6H2,1H3,(H,12,13). The van der Waals surface area contributed by atoms with Crippen molar-refractivity contribution in [3.63, 3.8) is 0 Å². The number of hydrogen-bond donors (Lipinski definition) is 1. The normalized spacial score (nSPS) is 11.2. The van der Waals surface area contributed by atoms with Gasteiger partial charge in [-0.25, -0.2) is 0 Å². The number of H-pyrrole nitrogens is 1. The molecule has 2 aromatic heterocycles. The van der Waals surface area contributed by atoms with Gasteiger partial charge in [0.1, 0.15) is 0 Å². The zero-order valence-electron chi connectivity index (χ0n) is 8.55. The molecule has 2 aromatic rings. The maximum atomic E-state index is 4.00. The minimum absolute atomic E-state index is 1.19. The predicted octanol–water partition coefficient (Wildman–Crippen LogP) is 3.75. The summed E-state index contributed by atoms with van der Waals surface area (Å²) < 4.78 is 1.29. The van der Waals surface area contributed by atoms with Crippen LogP contribution in [0.15, 0.2) is 12.3 Å². The second-order valence-corrected chi connectivity index (χ2v) is 4.84. The highest BCUT2D eigenvalue weighted by Gasteiger charge is 2.02. The van der Waals surface area contributed by atoms with E-state index in [4.69, 9.17) is 0 Å².